The number of rotatable bonds is 4. The van der Waals surface area contributed by atoms with E-state index in [4.69, 9.17) is 16.3 Å². The fourth-order valence-electron chi connectivity index (χ4n) is 4.19. The zero-order valence-electron chi connectivity index (χ0n) is 17.0. The van der Waals surface area contributed by atoms with Gasteiger partial charge in [0.25, 0.3) is 5.91 Å². The summed E-state index contributed by atoms with van der Waals surface area (Å²) >= 11 is 5.89. The lowest BCUT2D eigenvalue weighted by atomic mass is 9.95. The van der Waals surface area contributed by atoms with Crippen LogP contribution in [0.25, 0.3) is 0 Å². The molecule has 0 bridgehead atoms. The van der Waals surface area contributed by atoms with Crippen molar-refractivity contribution >= 4 is 29.1 Å². The Kier molecular flexibility index (Phi) is 6.58. The largest absolute Gasteiger partial charge is 0.492 e. The zero-order valence-corrected chi connectivity index (χ0v) is 17.7. The molecule has 2 aromatic carbocycles. The average molecular weight is 427 g/mol. The van der Waals surface area contributed by atoms with Crippen LogP contribution in [0.15, 0.2) is 42.5 Å². The Morgan fingerprint density at radius 3 is 2.43 bits per heavy atom. The molecule has 1 heterocycles. The quantitative estimate of drug-likeness (QED) is 0.677. The van der Waals surface area contributed by atoms with Gasteiger partial charge in [-0.05, 0) is 67.3 Å². The van der Waals surface area contributed by atoms with Crippen molar-refractivity contribution in [3.05, 3.63) is 58.6 Å². The van der Waals surface area contributed by atoms with Crippen molar-refractivity contribution in [2.75, 3.05) is 11.9 Å². The van der Waals surface area contributed by atoms with Gasteiger partial charge in [0.05, 0.1) is 5.92 Å². The van der Waals surface area contributed by atoms with Crippen LogP contribution >= 0.6 is 11.6 Å². The Bertz CT molecular complexity index is 905. The first-order valence-electron chi connectivity index (χ1n) is 10.7. The first-order chi connectivity index (χ1) is 14.6. The number of halogens is 1. The Balaban J connectivity index is 1.39. The van der Waals surface area contributed by atoms with Gasteiger partial charge in [0.15, 0.2) is 0 Å². The monoisotopic (exact) mass is 426 g/mol. The maximum Gasteiger partial charge on any atom is 0.255 e. The summed E-state index contributed by atoms with van der Waals surface area (Å²) in [6.07, 6.45) is 7.64. The smallest absolute Gasteiger partial charge is 0.255 e. The molecule has 5 nitrogen and oxygen atoms in total. The molecule has 0 unspecified atom stereocenters. The molecule has 2 N–H and O–H groups in total. The molecule has 1 atom stereocenters. The lowest BCUT2D eigenvalue weighted by molar-refractivity contribution is -0.127. The number of amides is 2. The number of nitrogens with one attached hydrogen (secondary N) is 2. The van der Waals surface area contributed by atoms with E-state index in [2.05, 4.69) is 10.6 Å². The van der Waals surface area contributed by atoms with Gasteiger partial charge in [-0.1, -0.05) is 37.3 Å². The van der Waals surface area contributed by atoms with Crippen molar-refractivity contribution in [2.45, 2.75) is 51.0 Å². The highest BCUT2D eigenvalue weighted by Gasteiger charge is 2.28. The fraction of sp³-hybridized carbons (Fsp3) is 0.417. The second-order valence-electron chi connectivity index (χ2n) is 8.19. The first-order valence-corrected chi connectivity index (χ1v) is 11.1. The topological polar surface area (TPSA) is 67.4 Å². The molecule has 0 aromatic heterocycles. The van der Waals surface area contributed by atoms with Crippen LogP contribution in [0.5, 0.6) is 5.75 Å². The van der Waals surface area contributed by atoms with E-state index in [1.807, 2.05) is 18.2 Å². The molecule has 0 saturated heterocycles. The first kappa shape index (κ1) is 20.7. The highest BCUT2D eigenvalue weighted by Crippen LogP contribution is 2.30. The van der Waals surface area contributed by atoms with Crippen LogP contribution in [0.1, 0.15) is 54.4 Å². The third kappa shape index (κ3) is 5.14. The van der Waals surface area contributed by atoms with E-state index in [1.165, 1.54) is 25.7 Å². The molecule has 2 aliphatic rings. The predicted molar refractivity (Wildman–Crippen MR) is 118 cm³/mol. The van der Waals surface area contributed by atoms with Crippen LogP contribution in [-0.2, 0) is 11.2 Å². The van der Waals surface area contributed by atoms with E-state index in [9.17, 15) is 9.59 Å². The van der Waals surface area contributed by atoms with Crippen LogP contribution in [0.3, 0.4) is 0 Å². The zero-order chi connectivity index (χ0) is 20.9. The summed E-state index contributed by atoms with van der Waals surface area (Å²) in [7, 11) is 0. The fourth-order valence-corrected chi connectivity index (χ4v) is 4.31. The van der Waals surface area contributed by atoms with E-state index in [0.29, 0.717) is 29.3 Å². The lowest BCUT2D eigenvalue weighted by Crippen LogP contribution is -2.42. The Morgan fingerprint density at radius 2 is 1.70 bits per heavy atom. The van der Waals surface area contributed by atoms with Gasteiger partial charge in [-0.3, -0.25) is 9.59 Å². The van der Waals surface area contributed by atoms with E-state index < -0.39 is 0 Å². The van der Waals surface area contributed by atoms with Gasteiger partial charge in [0.1, 0.15) is 12.4 Å². The number of benzene rings is 2. The van der Waals surface area contributed by atoms with Gasteiger partial charge >= 0.3 is 0 Å². The van der Waals surface area contributed by atoms with Gasteiger partial charge in [-0.15, -0.1) is 0 Å². The SMILES string of the molecule is O=C(Nc1ccc2c(c1)C[C@H](C(=O)NC1CCCCCC1)CO2)c1ccc(Cl)cc1. The molecule has 1 fully saturated rings. The molecule has 2 aromatic rings. The van der Waals surface area contributed by atoms with E-state index >= 15 is 0 Å². The predicted octanol–water partition coefficient (Wildman–Crippen LogP) is 4.98. The third-order valence-corrected chi connectivity index (χ3v) is 6.16. The summed E-state index contributed by atoms with van der Waals surface area (Å²) in [5.41, 5.74) is 2.16. The Labute approximate surface area is 182 Å². The lowest BCUT2D eigenvalue weighted by Gasteiger charge is -2.27. The number of ether oxygens (including phenoxy) is 1. The van der Waals surface area contributed by atoms with Crippen LogP contribution < -0.4 is 15.4 Å². The molecular weight excluding hydrogens is 400 g/mol. The van der Waals surface area contributed by atoms with Crippen molar-refractivity contribution in [3.8, 4) is 5.75 Å². The van der Waals surface area contributed by atoms with Crippen LogP contribution in [-0.4, -0.2) is 24.5 Å². The molecule has 1 saturated carbocycles. The number of carbonyl (C=O) groups is 2. The van der Waals surface area contributed by atoms with Gasteiger partial charge in [-0.2, -0.15) is 0 Å². The van der Waals surface area contributed by atoms with Crippen molar-refractivity contribution in [1.82, 2.24) is 5.32 Å². The summed E-state index contributed by atoms with van der Waals surface area (Å²) in [5.74, 6) is 0.440. The molecule has 1 aliphatic heterocycles. The van der Waals surface area contributed by atoms with Crippen LogP contribution in [0, 0.1) is 5.92 Å². The van der Waals surface area contributed by atoms with Gasteiger partial charge < -0.3 is 15.4 Å². The maximum absolute atomic E-state index is 12.8. The Morgan fingerprint density at radius 1 is 0.967 bits per heavy atom. The minimum atomic E-state index is -0.206. The standard InChI is InChI=1S/C24H27ClN2O3/c25-19-9-7-16(8-10-19)23(28)27-21-11-12-22-17(14-21)13-18(15-30-22)24(29)26-20-5-3-1-2-4-6-20/h7-12,14,18,20H,1-6,13,15H2,(H,26,29)(H,27,28)/t18-/m0/s1. The summed E-state index contributed by atoms with van der Waals surface area (Å²) < 4.78 is 5.84. The number of hydrogen-bond acceptors (Lipinski definition) is 3. The highest BCUT2D eigenvalue weighted by atomic mass is 35.5. The van der Waals surface area contributed by atoms with Crippen molar-refractivity contribution in [3.63, 3.8) is 0 Å². The minimum absolute atomic E-state index is 0.0724. The summed E-state index contributed by atoms with van der Waals surface area (Å²) in [6.45, 7) is 0.391. The summed E-state index contributed by atoms with van der Waals surface area (Å²) in [4.78, 5) is 25.3. The molecule has 6 heteroatoms. The third-order valence-electron chi connectivity index (χ3n) is 5.90. The highest BCUT2D eigenvalue weighted by molar-refractivity contribution is 6.30. The second-order valence-corrected chi connectivity index (χ2v) is 8.63. The van der Waals surface area contributed by atoms with Gasteiger partial charge in [0.2, 0.25) is 5.91 Å². The van der Waals surface area contributed by atoms with Crippen LogP contribution in [0.2, 0.25) is 5.02 Å². The summed E-state index contributed by atoms with van der Waals surface area (Å²) in [6, 6.07) is 12.6. The van der Waals surface area contributed by atoms with Crippen molar-refractivity contribution in [1.29, 1.82) is 0 Å². The number of anilines is 1. The van der Waals surface area contributed by atoms with Gasteiger partial charge in [0, 0.05) is 22.3 Å². The van der Waals surface area contributed by atoms with Gasteiger partial charge in [-0.25, -0.2) is 0 Å². The number of hydrogen-bond donors (Lipinski definition) is 2. The molecule has 0 spiro atoms. The molecular formula is C24H27ClN2O3. The normalized spacial score (nSPS) is 19.2. The van der Waals surface area contributed by atoms with Crippen LogP contribution in [0.4, 0.5) is 5.69 Å². The molecule has 4 rings (SSSR count). The molecule has 30 heavy (non-hydrogen) atoms. The number of fused-ring (bicyclic) bond motifs is 1. The molecule has 0 radical (unpaired) electrons. The summed E-state index contributed by atoms with van der Waals surface area (Å²) in [5, 5.41) is 6.73. The Hall–Kier alpha value is -2.53. The molecule has 2 amide bonds. The van der Waals surface area contributed by atoms with Crippen molar-refractivity contribution in [2.24, 2.45) is 5.92 Å². The van der Waals surface area contributed by atoms with E-state index in [1.54, 1.807) is 24.3 Å². The van der Waals surface area contributed by atoms with E-state index in [0.717, 1.165) is 24.2 Å². The van der Waals surface area contributed by atoms with Crippen molar-refractivity contribution < 1.29 is 14.3 Å². The molecule has 158 valence electrons. The average Bonchev–Trinajstić information content (AvgIpc) is 3.02. The number of carbonyl (C=O) groups excluding carboxylic acids is 2. The second kappa shape index (κ2) is 9.52. The molecule has 1 aliphatic carbocycles. The van der Waals surface area contributed by atoms with E-state index in [-0.39, 0.29) is 23.8 Å². The maximum atomic E-state index is 12.8. The minimum Gasteiger partial charge on any atom is -0.492 e.